The molecule has 54 valence electrons. The van der Waals surface area contributed by atoms with Crippen molar-refractivity contribution in [3.8, 4) is 0 Å². The molecule has 0 aromatic heterocycles. The SMILES string of the molecule is O[C@@H]1C[C@H]2[C@H]3[C@@H]1[C@H]3C21CC1. The highest BCUT2D eigenvalue weighted by molar-refractivity contribution is 5.32. The zero-order chi connectivity index (χ0) is 6.51. The number of hydrogen-bond acceptors (Lipinski definition) is 1. The lowest BCUT2D eigenvalue weighted by atomic mass is 9.67. The lowest BCUT2D eigenvalue weighted by molar-refractivity contribution is 0.0415. The van der Waals surface area contributed by atoms with Gasteiger partial charge in [0.25, 0.3) is 0 Å². The Morgan fingerprint density at radius 3 is 2.40 bits per heavy atom. The van der Waals surface area contributed by atoms with E-state index in [4.69, 9.17) is 0 Å². The van der Waals surface area contributed by atoms with Gasteiger partial charge in [0.2, 0.25) is 0 Å². The van der Waals surface area contributed by atoms with Gasteiger partial charge in [0, 0.05) is 0 Å². The molecule has 0 aliphatic heterocycles. The van der Waals surface area contributed by atoms with Crippen molar-refractivity contribution < 1.29 is 5.11 Å². The smallest absolute Gasteiger partial charge is 0.0577 e. The fourth-order valence-corrected chi connectivity index (χ4v) is 4.31. The molecule has 0 aromatic carbocycles. The number of fused-ring (bicyclic) bond motifs is 3. The minimum Gasteiger partial charge on any atom is -0.393 e. The number of hydrogen-bond donors (Lipinski definition) is 1. The first kappa shape index (κ1) is 4.76. The van der Waals surface area contributed by atoms with E-state index in [-0.39, 0.29) is 6.10 Å². The molecule has 0 radical (unpaired) electrons. The van der Waals surface area contributed by atoms with Gasteiger partial charge in [-0.2, -0.15) is 0 Å². The van der Waals surface area contributed by atoms with E-state index in [2.05, 4.69) is 0 Å². The van der Waals surface area contributed by atoms with Crippen molar-refractivity contribution in [2.24, 2.45) is 29.1 Å². The molecule has 4 aliphatic rings. The average molecular weight is 136 g/mol. The fraction of sp³-hybridized carbons (Fsp3) is 1.00. The van der Waals surface area contributed by atoms with Crippen LogP contribution in [0.1, 0.15) is 19.3 Å². The highest BCUT2D eigenvalue weighted by atomic mass is 16.3. The molecule has 0 heterocycles. The lowest BCUT2D eigenvalue weighted by Crippen LogP contribution is -2.35. The van der Waals surface area contributed by atoms with Gasteiger partial charge >= 0.3 is 0 Å². The summed E-state index contributed by atoms with van der Waals surface area (Å²) < 4.78 is 0. The van der Waals surface area contributed by atoms with Crippen LogP contribution in [0.15, 0.2) is 0 Å². The van der Waals surface area contributed by atoms with Gasteiger partial charge in [-0.25, -0.2) is 0 Å². The molecule has 0 unspecified atom stereocenters. The number of rotatable bonds is 0. The molecule has 4 fully saturated rings. The van der Waals surface area contributed by atoms with Crippen LogP contribution in [-0.2, 0) is 0 Å². The first-order valence-corrected chi connectivity index (χ1v) is 4.53. The molecule has 0 aromatic rings. The van der Waals surface area contributed by atoms with Crippen LogP contribution < -0.4 is 0 Å². The average Bonchev–Trinajstić information content (AvgIpc) is 2.77. The van der Waals surface area contributed by atoms with Gasteiger partial charge in [-0.05, 0) is 48.3 Å². The molecule has 4 rings (SSSR count). The summed E-state index contributed by atoms with van der Waals surface area (Å²) in [6.07, 6.45) is 4.28. The second kappa shape index (κ2) is 0.989. The topological polar surface area (TPSA) is 20.2 Å². The van der Waals surface area contributed by atoms with Gasteiger partial charge in [-0.15, -0.1) is 0 Å². The lowest BCUT2D eigenvalue weighted by Gasteiger charge is -2.38. The second-order valence-electron chi connectivity index (χ2n) is 4.82. The minimum atomic E-state index is 0.117. The Hall–Kier alpha value is -0.0400. The second-order valence-corrected chi connectivity index (χ2v) is 4.82. The Balaban J connectivity index is 1.81. The summed E-state index contributed by atoms with van der Waals surface area (Å²) in [6.45, 7) is 0. The van der Waals surface area contributed by atoms with E-state index in [9.17, 15) is 5.11 Å². The molecule has 1 heteroatoms. The summed E-state index contributed by atoms with van der Waals surface area (Å²) in [5.74, 6) is 3.80. The summed E-state index contributed by atoms with van der Waals surface area (Å²) >= 11 is 0. The van der Waals surface area contributed by atoms with Crippen molar-refractivity contribution in [1.29, 1.82) is 0 Å². The van der Waals surface area contributed by atoms with Crippen LogP contribution in [0.25, 0.3) is 0 Å². The first-order valence-electron chi connectivity index (χ1n) is 4.53. The third kappa shape index (κ3) is 0.254. The number of aliphatic hydroxyl groups excluding tert-OH is 1. The molecular formula is C9H12O. The van der Waals surface area contributed by atoms with Crippen molar-refractivity contribution >= 4 is 0 Å². The molecule has 0 bridgehead atoms. The van der Waals surface area contributed by atoms with Crippen molar-refractivity contribution in [2.45, 2.75) is 25.4 Å². The van der Waals surface area contributed by atoms with Gasteiger partial charge in [0.05, 0.1) is 6.10 Å². The van der Waals surface area contributed by atoms with Gasteiger partial charge in [-0.3, -0.25) is 0 Å². The highest BCUT2D eigenvalue weighted by Crippen LogP contribution is 2.88. The van der Waals surface area contributed by atoms with Crippen molar-refractivity contribution in [3.05, 3.63) is 0 Å². The normalized spacial score (nSPS) is 71.1. The van der Waals surface area contributed by atoms with E-state index >= 15 is 0 Å². The highest BCUT2D eigenvalue weighted by Gasteiger charge is 2.85. The zero-order valence-corrected chi connectivity index (χ0v) is 5.96. The number of aliphatic hydroxyl groups is 1. The van der Waals surface area contributed by atoms with Crippen LogP contribution in [0, 0.1) is 29.1 Å². The van der Waals surface area contributed by atoms with E-state index in [1.54, 1.807) is 0 Å². The molecule has 0 amide bonds. The molecule has 1 nitrogen and oxygen atoms in total. The van der Waals surface area contributed by atoms with E-state index in [0.29, 0.717) is 0 Å². The van der Waals surface area contributed by atoms with Gasteiger partial charge < -0.3 is 5.11 Å². The molecule has 1 spiro atoms. The monoisotopic (exact) mass is 136 g/mol. The zero-order valence-electron chi connectivity index (χ0n) is 5.96. The fourth-order valence-electron chi connectivity index (χ4n) is 4.31. The van der Waals surface area contributed by atoms with Crippen LogP contribution in [0.2, 0.25) is 0 Å². The molecule has 0 saturated heterocycles. The standard InChI is InChI=1S/C9H12O/c10-5-3-4-6-7(5)8(6)9(4)1-2-9/h4-8,10H,1-3H2/t4-,5+,6-,7+,8-/m0/s1. The van der Waals surface area contributed by atoms with Crippen LogP contribution in [-0.4, -0.2) is 11.2 Å². The molecule has 4 aliphatic carbocycles. The van der Waals surface area contributed by atoms with Gasteiger partial charge in [-0.1, -0.05) is 0 Å². The third-order valence-corrected chi connectivity index (χ3v) is 4.77. The largest absolute Gasteiger partial charge is 0.393 e. The summed E-state index contributed by atoms with van der Waals surface area (Å²) in [5.41, 5.74) is 0.842. The van der Waals surface area contributed by atoms with Crippen LogP contribution >= 0.6 is 0 Å². The Morgan fingerprint density at radius 1 is 1.20 bits per heavy atom. The third-order valence-electron chi connectivity index (χ3n) is 4.77. The summed E-state index contributed by atoms with van der Waals surface area (Å²) in [7, 11) is 0. The molecular weight excluding hydrogens is 124 g/mol. The van der Waals surface area contributed by atoms with Crippen molar-refractivity contribution in [1.82, 2.24) is 0 Å². The van der Waals surface area contributed by atoms with Crippen LogP contribution in [0.5, 0.6) is 0 Å². The Morgan fingerprint density at radius 2 is 2.00 bits per heavy atom. The van der Waals surface area contributed by atoms with Gasteiger partial charge in [0.1, 0.15) is 0 Å². The minimum absolute atomic E-state index is 0.117. The van der Waals surface area contributed by atoms with E-state index in [0.717, 1.165) is 35.5 Å². The van der Waals surface area contributed by atoms with Crippen LogP contribution in [0.4, 0.5) is 0 Å². The first-order chi connectivity index (χ1) is 4.84. The summed E-state index contributed by atoms with van der Waals surface area (Å²) in [4.78, 5) is 0. The molecule has 4 saturated carbocycles. The maximum Gasteiger partial charge on any atom is 0.0577 e. The molecule has 1 N–H and O–H groups in total. The van der Waals surface area contributed by atoms with E-state index < -0.39 is 0 Å². The van der Waals surface area contributed by atoms with E-state index in [1.807, 2.05) is 0 Å². The predicted molar refractivity (Wildman–Crippen MR) is 36.3 cm³/mol. The Bertz CT molecular complexity index is 215. The van der Waals surface area contributed by atoms with Crippen LogP contribution in [0.3, 0.4) is 0 Å². The maximum atomic E-state index is 9.50. The van der Waals surface area contributed by atoms with Crippen molar-refractivity contribution in [3.63, 3.8) is 0 Å². The van der Waals surface area contributed by atoms with Crippen molar-refractivity contribution in [2.75, 3.05) is 0 Å². The quantitative estimate of drug-likeness (QED) is 0.527. The van der Waals surface area contributed by atoms with E-state index in [1.165, 1.54) is 12.8 Å². The van der Waals surface area contributed by atoms with Gasteiger partial charge in [0.15, 0.2) is 0 Å². The summed E-state index contributed by atoms with van der Waals surface area (Å²) in [6, 6.07) is 0. The Kier molecular flexibility index (Phi) is 0.471. The maximum absolute atomic E-state index is 9.50. The predicted octanol–water partition coefficient (Wildman–Crippen LogP) is 1.02. The molecule has 10 heavy (non-hydrogen) atoms. The summed E-state index contributed by atoms with van der Waals surface area (Å²) in [5, 5.41) is 9.50. The Labute approximate surface area is 60.4 Å². The molecule has 5 atom stereocenters.